The Bertz CT molecular complexity index is 282. The Labute approximate surface area is 86.9 Å². The van der Waals surface area contributed by atoms with E-state index in [1.165, 1.54) is 5.57 Å². The van der Waals surface area contributed by atoms with E-state index >= 15 is 0 Å². The van der Waals surface area contributed by atoms with Gasteiger partial charge in [0.25, 0.3) is 0 Å². The predicted octanol–water partition coefficient (Wildman–Crippen LogP) is 3.51. The Morgan fingerprint density at radius 3 is 2.71 bits per heavy atom. The van der Waals surface area contributed by atoms with E-state index in [0.29, 0.717) is 11.3 Å². The van der Waals surface area contributed by atoms with Crippen LogP contribution in [0.15, 0.2) is 23.3 Å². The molecular weight excluding hydrogens is 172 g/mol. The average molecular weight is 192 g/mol. The quantitative estimate of drug-likeness (QED) is 0.380. The van der Waals surface area contributed by atoms with Crippen molar-refractivity contribution < 1.29 is 4.79 Å². The van der Waals surface area contributed by atoms with Crippen LogP contribution in [0.5, 0.6) is 0 Å². The van der Waals surface area contributed by atoms with E-state index in [1.54, 1.807) is 0 Å². The van der Waals surface area contributed by atoms with Gasteiger partial charge in [-0.2, -0.15) is 0 Å². The van der Waals surface area contributed by atoms with Crippen molar-refractivity contribution in [2.45, 2.75) is 40.5 Å². The fraction of sp³-hybridized carbons (Fsp3) is 0.615. The van der Waals surface area contributed by atoms with Gasteiger partial charge in [0.1, 0.15) is 6.29 Å². The average Bonchev–Trinajstić information content (AvgIpc) is 2.39. The van der Waals surface area contributed by atoms with Gasteiger partial charge in [-0.05, 0) is 43.6 Å². The van der Waals surface area contributed by atoms with Crippen LogP contribution in [0.4, 0.5) is 0 Å². The number of hydrogen-bond donors (Lipinski definition) is 0. The van der Waals surface area contributed by atoms with Gasteiger partial charge in [-0.25, -0.2) is 0 Å². The van der Waals surface area contributed by atoms with Crippen LogP contribution < -0.4 is 0 Å². The summed E-state index contributed by atoms with van der Waals surface area (Å²) in [4.78, 5) is 10.5. The highest BCUT2D eigenvalue weighted by Crippen LogP contribution is 2.44. The van der Waals surface area contributed by atoms with Crippen molar-refractivity contribution in [1.82, 2.24) is 0 Å². The van der Waals surface area contributed by atoms with E-state index in [1.807, 2.05) is 6.92 Å². The summed E-state index contributed by atoms with van der Waals surface area (Å²) in [6.45, 7) is 8.66. The molecule has 1 atom stereocenters. The molecule has 0 unspecified atom stereocenters. The summed E-state index contributed by atoms with van der Waals surface area (Å²) in [5.74, 6) is 0.664. The summed E-state index contributed by atoms with van der Waals surface area (Å²) in [7, 11) is 0. The summed E-state index contributed by atoms with van der Waals surface area (Å²) < 4.78 is 0. The van der Waals surface area contributed by atoms with Crippen LogP contribution in [0, 0.1) is 11.3 Å². The van der Waals surface area contributed by atoms with E-state index in [0.717, 1.165) is 24.7 Å². The summed E-state index contributed by atoms with van der Waals surface area (Å²) in [6, 6.07) is 0. The zero-order chi connectivity index (χ0) is 10.8. The molecule has 1 rings (SSSR count). The minimum absolute atomic E-state index is 0.305. The van der Waals surface area contributed by atoms with Gasteiger partial charge in [0.2, 0.25) is 0 Å². The maximum absolute atomic E-state index is 10.5. The lowest BCUT2D eigenvalue weighted by Crippen LogP contribution is -2.19. The zero-order valence-electron chi connectivity index (χ0n) is 9.63. The standard InChI is InChI=1S/C13H20O/c1-10(9-14)5-7-12-8-6-11(2)13(12,3)4/h5-6,9,12H,7-8H2,1-4H3/b10-5+/t12-/m1/s1. The lowest BCUT2D eigenvalue weighted by Gasteiger charge is -2.28. The lowest BCUT2D eigenvalue weighted by atomic mass is 9.76. The zero-order valence-corrected chi connectivity index (χ0v) is 9.63. The van der Waals surface area contributed by atoms with Crippen molar-refractivity contribution in [3.05, 3.63) is 23.3 Å². The van der Waals surface area contributed by atoms with E-state index in [-0.39, 0.29) is 0 Å². The Morgan fingerprint density at radius 1 is 1.64 bits per heavy atom. The number of aldehydes is 1. The Kier molecular flexibility index (Phi) is 3.30. The lowest BCUT2D eigenvalue weighted by molar-refractivity contribution is -0.104. The minimum atomic E-state index is 0.305. The molecule has 1 nitrogen and oxygen atoms in total. The van der Waals surface area contributed by atoms with Gasteiger partial charge in [-0.1, -0.05) is 31.6 Å². The number of allylic oxidation sites excluding steroid dienone is 4. The minimum Gasteiger partial charge on any atom is -0.298 e. The molecular formula is C13H20O. The normalized spacial score (nSPS) is 26.1. The first-order valence-electron chi connectivity index (χ1n) is 5.27. The summed E-state index contributed by atoms with van der Waals surface area (Å²) in [5.41, 5.74) is 2.64. The van der Waals surface area contributed by atoms with E-state index in [9.17, 15) is 4.79 Å². The Morgan fingerprint density at radius 2 is 2.29 bits per heavy atom. The third-order valence-electron chi connectivity index (χ3n) is 3.66. The van der Waals surface area contributed by atoms with Crippen LogP contribution in [-0.2, 0) is 4.79 Å². The second-order valence-corrected chi connectivity index (χ2v) is 4.84. The highest BCUT2D eigenvalue weighted by molar-refractivity contribution is 5.71. The Hall–Kier alpha value is -0.850. The molecule has 0 aliphatic heterocycles. The van der Waals surface area contributed by atoms with Crippen LogP contribution in [0.1, 0.15) is 40.5 Å². The van der Waals surface area contributed by atoms with Crippen LogP contribution >= 0.6 is 0 Å². The molecule has 14 heavy (non-hydrogen) atoms. The third-order valence-corrected chi connectivity index (χ3v) is 3.66. The van der Waals surface area contributed by atoms with E-state index < -0.39 is 0 Å². The van der Waals surface area contributed by atoms with E-state index in [4.69, 9.17) is 0 Å². The molecule has 0 amide bonds. The van der Waals surface area contributed by atoms with Crippen molar-refractivity contribution in [1.29, 1.82) is 0 Å². The van der Waals surface area contributed by atoms with Crippen LogP contribution in [0.3, 0.4) is 0 Å². The second kappa shape index (κ2) is 4.12. The molecule has 0 fully saturated rings. The van der Waals surface area contributed by atoms with Crippen LogP contribution in [0.25, 0.3) is 0 Å². The third kappa shape index (κ3) is 2.14. The summed E-state index contributed by atoms with van der Waals surface area (Å²) in [6.07, 6.45) is 7.50. The van der Waals surface area contributed by atoms with Crippen molar-refractivity contribution in [3.63, 3.8) is 0 Å². The molecule has 0 N–H and O–H groups in total. The fourth-order valence-electron chi connectivity index (χ4n) is 1.97. The summed E-state index contributed by atoms with van der Waals surface area (Å²) in [5, 5.41) is 0. The van der Waals surface area contributed by atoms with Gasteiger partial charge in [-0.3, -0.25) is 4.79 Å². The maximum atomic E-state index is 10.5. The van der Waals surface area contributed by atoms with Crippen LogP contribution in [0.2, 0.25) is 0 Å². The van der Waals surface area contributed by atoms with Gasteiger partial charge < -0.3 is 0 Å². The molecule has 0 aromatic carbocycles. The molecule has 0 aromatic rings. The molecule has 1 aliphatic rings. The van der Waals surface area contributed by atoms with E-state index in [2.05, 4.69) is 32.9 Å². The molecule has 78 valence electrons. The maximum Gasteiger partial charge on any atom is 0.145 e. The molecule has 0 bridgehead atoms. The van der Waals surface area contributed by atoms with Gasteiger partial charge in [0.05, 0.1) is 0 Å². The first kappa shape index (κ1) is 11.2. The predicted molar refractivity (Wildman–Crippen MR) is 60.1 cm³/mol. The number of hydrogen-bond acceptors (Lipinski definition) is 1. The smallest absolute Gasteiger partial charge is 0.145 e. The van der Waals surface area contributed by atoms with Gasteiger partial charge in [0.15, 0.2) is 0 Å². The van der Waals surface area contributed by atoms with Gasteiger partial charge in [0, 0.05) is 0 Å². The SMILES string of the molecule is CC1=CC[C@@H](C/C=C(\C)C=O)C1(C)C. The molecule has 0 saturated carbocycles. The molecule has 0 spiro atoms. The fourth-order valence-corrected chi connectivity index (χ4v) is 1.97. The monoisotopic (exact) mass is 192 g/mol. The highest BCUT2D eigenvalue weighted by Gasteiger charge is 2.33. The molecule has 0 aromatic heterocycles. The van der Waals surface area contributed by atoms with Crippen molar-refractivity contribution in [2.75, 3.05) is 0 Å². The molecule has 0 saturated heterocycles. The van der Waals surface area contributed by atoms with Crippen molar-refractivity contribution in [3.8, 4) is 0 Å². The Balaban J connectivity index is 2.62. The van der Waals surface area contributed by atoms with Crippen molar-refractivity contribution in [2.24, 2.45) is 11.3 Å². The second-order valence-electron chi connectivity index (χ2n) is 4.84. The first-order valence-corrected chi connectivity index (χ1v) is 5.27. The molecule has 1 heteroatoms. The van der Waals surface area contributed by atoms with Gasteiger partial charge >= 0.3 is 0 Å². The number of carbonyl (C=O) groups is 1. The molecule has 0 radical (unpaired) electrons. The summed E-state index contributed by atoms with van der Waals surface area (Å²) >= 11 is 0. The molecule has 1 aliphatic carbocycles. The number of rotatable bonds is 3. The number of carbonyl (C=O) groups excluding carboxylic acids is 1. The highest BCUT2D eigenvalue weighted by atomic mass is 16.1. The van der Waals surface area contributed by atoms with Crippen molar-refractivity contribution >= 4 is 6.29 Å². The largest absolute Gasteiger partial charge is 0.298 e. The van der Waals surface area contributed by atoms with Crippen LogP contribution in [-0.4, -0.2) is 6.29 Å². The molecule has 0 heterocycles. The van der Waals surface area contributed by atoms with Gasteiger partial charge in [-0.15, -0.1) is 0 Å². The topological polar surface area (TPSA) is 17.1 Å². The first-order chi connectivity index (χ1) is 6.48.